The average molecular weight is 546 g/mol. The zero-order valence-electron chi connectivity index (χ0n) is 26.1. The summed E-state index contributed by atoms with van der Waals surface area (Å²) in [5.74, 6) is 0. The molecule has 0 radical (unpaired) electrons. The second kappa shape index (κ2) is 29.5. The molecule has 0 saturated heterocycles. The predicted molar refractivity (Wildman–Crippen MR) is 167 cm³/mol. The van der Waals surface area contributed by atoms with Crippen molar-refractivity contribution in [2.24, 2.45) is 0 Å². The van der Waals surface area contributed by atoms with E-state index in [1.165, 1.54) is 6.42 Å². The van der Waals surface area contributed by atoms with Gasteiger partial charge in [-0.2, -0.15) is 0 Å². The second-order valence-corrected chi connectivity index (χ2v) is 10.3. The Kier molecular flexibility index (Phi) is 29.2. The Morgan fingerprint density at radius 1 is 0.342 bits per heavy atom. The van der Waals surface area contributed by atoms with Crippen molar-refractivity contribution in [3.63, 3.8) is 0 Å². The first-order chi connectivity index (χ1) is 18.6. The summed E-state index contributed by atoms with van der Waals surface area (Å²) >= 11 is 0. The van der Waals surface area contributed by atoms with Crippen molar-refractivity contribution in [1.29, 1.82) is 0 Å². The van der Waals surface area contributed by atoms with Crippen LogP contribution in [-0.4, -0.2) is 193 Å². The van der Waals surface area contributed by atoms with E-state index in [0.717, 1.165) is 131 Å². The van der Waals surface area contributed by atoms with E-state index in [9.17, 15) is 0 Å². The van der Waals surface area contributed by atoms with Gasteiger partial charge in [-0.15, -0.1) is 0 Å². The molecule has 0 aliphatic heterocycles. The van der Waals surface area contributed by atoms with Gasteiger partial charge >= 0.3 is 0 Å². The lowest BCUT2D eigenvalue weighted by atomic mass is 10.3. The van der Waals surface area contributed by atoms with Gasteiger partial charge in [-0.1, -0.05) is 0 Å². The molecule has 11 heteroatoms. The van der Waals surface area contributed by atoms with Gasteiger partial charge in [0, 0.05) is 118 Å². The Morgan fingerprint density at radius 2 is 0.632 bits per heavy atom. The average Bonchev–Trinajstić information content (AvgIpc) is 2.92. The lowest BCUT2D eigenvalue weighted by molar-refractivity contribution is 0.206. The minimum atomic E-state index is 1.04. The molecule has 0 heterocycles. The highest BCUT2D eigenvalue weighted by atomic mass is 15.2. The summed E-state index contributed by atoms with van der Waals surface area (Å²) in [6, 6.07) is 0. The fourth-order valence-corrected chi connectivity index (χ4v) is 4.05. The zero-order valence-corrected chi connectivity index (χ0v) is 26.1. The van der Waals surface area contributed by atoms with E-state index in [4.69, 9.17) is 0 Å². The Balaban J connectivity index is 3.78. The fraction of sp³-hybridized carbons (Fsp3) is 1.00. The molecule has 0 spiro atoms. The summed E-state index contributed by atoms with van der Waals surface area (Å²) in [6.45, 7) is 21.6. The van der Waals surface area contributed by atoms with Crippen molar-refractivity contribution in [1.82, 2.24) is 56.8 Å². The minimum Gasteiger partial charge on any atom is -0.318 e. The Bertz CT molecular complexity index is 451. The molecule has 0 aromatic carbocycles. The summed E-state index contributed by atoms with van der Waals surface area (Å²) in [6.07, 6.45) is 1.17. The summed E-state index contributed by atoms with van der Waals surface area (Å²) in [5.41, 5.74) is 0. The van der Waals surface area contributed by atoms with Crippen molar-refractivity contribution in [2.45, 2.75) is 6.42 Å². The number of rotatable bonds is 31. The van der Waals surface area contributed by atoms with Gasteiger partial charge in [0.25, 0.3) is 0 Å². The third-order valence-corrected chi connectivity index (χ3v) is 6.83. The van der Waals surface area contributed by atoms with Crippen molar-refractivity contribution in [3.8, 4) is 0 Å². The number of hydrogen-bond acceptors (Lipinski definition) is 11. The van der Waals surface area contributed by atoms with Crippen LogP contribution in [0.3, 0.4) is 0 Å². The standard InChI is InChI=1S/C27H67N11/c1-28-10-18-35(5)20-15-34-16-21-36(6)19-14-32-8-7-9-33-17-25-38(24-13-31-4)27-26-37(22-11-29-2)23-12-30-3/h28-34H,7-27H2,1-6H3. The van der Waals surface area contributed by atoms with Gasteiger partial charge in [0.2, 0.25) is 0 Å². The molecule has 0 unspecified atom stereocenters. The largest absolute Gasteiger partial charge is 0.318 e. The molecule has 230 valence electrons. The van der Waals surface area contributed by atoms with Crippen LogP contribution in [0.25, 0.3) is 0 Å². The molecular formula is C27H67N11. The van der Waals surface area contributed by atoms with Crippen LogP contribution in [0.5, 0.6) is 0 Å². The molecule has 38 heavy (non-hydrogen) atoms. The SMILES string of the molecule is CNCCN(C)CCNCCN(C)CCNCCCNCCN(CCNC)CCN(CCNC)CCNC. The fourth-order valence-electron chi connectivity index (χ4n) is 4.05. The van der Waals surface area contributed by atoms with E-state index < -0.39 is 0 Å². The maximum Gasteiger partial charge on any atom is 0.0110 e. The predicted octanol–water partition coefficient (Wildman–Crippen LogP) is -2.51. The molecule has 0 rings (SSSR count). The van der Waals surface area contributed by atoms with E-state index >= 15 is 0 Å². The molecule has 0 atom stereocenters. The molecule has 0 aliphatic rings. The highest BCUT2D eigenvalue weighted by molar-refractivity contribution is 4.68. The minimum absolute atomic E-state index is 1.04. The number of likely N-dealkylation sites (N-methyl/N-ethyl adjacent to an activating group) is 6. The van der Waals surface area contributed by atoms with E-state index in [0.29, 0.717) is 0 Å². The van der Waals surface area contributed by atoms with E-state index in [1.54, 1.807) is 0 Å². The highest BCUT2D eigenvalue weighted by Gasteiger charge is 2.09. The van der Waals surface area contributed by atoms with Crippen LogP contribution in [0.4, 0.5) is 0 Å². The normalized spacial score (nSPS) is 12.2. The van der Waals surface area contributed by atoms with Gasteiger partial charge in [0.15, 0.2) is 0 Å². The van der Waals surface area contributed by atoms with Crippen LogP contribution in [-0.2, 0) is 0 Å². The van der Waals surface area contributed by atoms with Gasteiger partial charge in [0.05, 0.1) is 0 Å². The summed E-state index contributed by atoms with van der Waals surface area (Å²) in [7, 11) is 12.5. The second-order valence-electron chi connectivity index (χ2n) is 10.3. The molecular weight excluding hydrogens is 478 g/mol. The van der Waals surface area contributed by atoms with Gasteiger partial charge in [-0.05, 0) is 61.8 Å². The smallest absolute Gasteiger partial charge is 0.0110 e. The topological polar surface area (TPSA) is 97.2 Å². The van der Waals surface area contributed by atoms with Crippen LogP contribution >= 0.6 is 0 Å². The molecule has 0 aromatic rings. The molecule has 7 N–H and O–H groups in total. The first-order valence-corrected chi connectivity index (χ1v) is 15.1. The number of nitrogens with one attached hydrogen (secondary N) is 7. The lowest BCUT2D eigenvalue weighted by Crippen LogP contribution is -2.44. The number of hydrogen-bond donors (Lipinski definition) is 7. The van der Waals surface area contributed by atoms with Gasteiger partial charge in [-0.25, -0.2) is 0 Å². The Morgan fingerprint density at radius 3 is 1.03 bits per heavy atom. The first kappa shape index (κ1) is 37.6. The van der Waals surface area contributed by atoms with Crippen LogP contribution in [0.15, 0.2) is 0 Å². The monoisotopic (exact) mass is 546 g/mol. The number of nitrogens with zero attached hydrogens (tertiary/aromatic N) is 4. The summed E-state index contributed by atoms with van der Waals surface area (Å²) < 4.78 is 0. The summed E-state index contributed by atoms with van der Waals surface area (Å²) in [4.78, 5) is 9.90. The Labute approximate surface area is 236 Å². The van der Waals surface area contributed by atoms with Crippen LogP contribution < -0.4 is 37.2 Å². The Hall–Kier alpha value is -0.440. The van der Waals surface area contributed by atoms with Crippen LogP contribution in [0.2, 0.25) is 0 Å². The van der Waals surface area contributed by atoms with E-state index in [2.05, 4.69) is 70.9 Å². The molecule has 0 bridgehead atoms. The third-order valence-electron chi connectivity index (χ3n) is 6.83. The van der Waals surface area contributed by atoms with E-state index in [-0.39, 0.29) is 0 Å². The van der Waals surface area contributed by atoms with Crippen molar-refractivity contribution in [2.75, 3.05) is 173 Å². The van der Waals surface area contributed by atoms with Gasteiger partial charge < -0.3 is 47.0 Å². The molecule has 0 aromatic heterocycles. The molecule has 11 nitrogen and oxygen atoms in total. The van der Waals surface area contributed by atoms with Crippen molar-refractivity contribution < 1.29 is 0 Å². The third kappa shape index (κ3) is 25.8. The van der Waals surface area contributed by atoms with Gasteiger partial charge in [-0.3, -0.25) is 9.80 Å². The van der Waals surface area contributed by atoms with Crippen LogP contribution in [0.1, 0.15) is 6.42 Å². The quantitative estimate of drug-likeness (QED) is 0.0471. The van der Waals surface area contributed by atoms with Gasteiger partial charge in [0.1, 0.15) is 0 Å². The summed E-state index contributed by atoms with van der Waals surface area (Å²) in [5, 5.41) is 23.9. The lowest BCUT2D eigenvalue weighted by Gasteiger charge is -2.28. The molecule has 0 amide bonds. The molecule has 0 fully saturated rings. The highest BCUT2D eigenvalue weighted by Crippen LogP contribution is 1.93. The molecule has 0 aliphatic carbocycles. The molecule has 0 saturated carbocycles. The van der Waals surface area contributed by atoms with Crippen molar-refractivity contribution >= 4 is 0 Å². The first-order valence-electron chi connectivity index (χ1n) is 15.1. The maximum absolute atomic E-state index is 3.65. The maximum atomic E-state index is 3.65. The zero-order chi connectivity index (χ0) is 28.1. The van der Waals surface area contributed by atoms with Crippen LogP contribution in [0, 0.1) is 0 Å². The van der Waals surface area contributed by atoms with Crippen molar-refractivity contribution in [3.05, 3.63) is 0 Å². The van der Waals surface area contributed by atoms with E-state index in [1.807, 2.05) is 28.2 Å².